The number of hydrogen-bond donors (Lipinski definition) is 1. The van der Waals surface area contributed by atoms with Crippen LogP contribution in [0.25, 0.3) is 0 Å². The van der Waals surface area contributed by atoms with E-state index in [1.807, 2.05) is 0 Å². The lowest BCUT2D eigenvalue weighted by Crippen LogP contribution is -2.24. The second kappa shape index (κ2) is 4.57. The van der Waals surface area contributed by atoms with Gasteiger partial charge in [0.05, 0.1) is 5.56 Å². The third kappa shape index (κ3) is 3.59. The molecule has 0 aromatic heterocycles. The van der Waals surface area contributed by atoms with E-state index < -0.39 is 11.6 Å². The predicted octanol–water partition coefficient (Wildman–Crippen LogP) is 2.43. The number of anilines is 1. The topological polar surface area (TPSA) is 69.4 Å². The molecule has 0 fully saturated rings. The zero-order chi connectivity index (χ0) is 13.2. The zero-order valence-corrected chi connectivity index (χ0v) is 10.5. The van der Waals surface area contributed by atoms with E-state index in [0.29, 0.717) is 5.56 Å². The molecule has 0 bridgehead atoms. The van der Waals surface area contributed by atoms with Crippen molar-refractivity contribution >= 4 is 17.4 Å². The number of rotatable bonds is 2. The first-order valence-electron chi connectivity index (χ1n) is 5.34. The van der Waals surface area contributed by atoms with Gasteiger partial charge in [0.1, 0.15) is 5.60 Å². The van der Waals surface area contributed by atoms with Crippen LogP contribution < -0.4 is 5.73 Å². The fraction of sp³-hybridized carbons (Fsp3) is 0.385. The quantitative estimate of drug-likeness (QED) is 0.485. The Kier molecular flexibility index (Phi) is 3.56. The zero-order valence-electron chi connectivity index (χ0n) is 10.5. The SMILES string of the molecule is CC(=O)c1ccc(C(=O)OC(C)(C)C)c(N)c1. The fourth-order valence-electron chi connectivity index (χ4n) is 1.30. The molecule has 0 atom stereocenters. The third-order valence-corrected chi connectivity index (χ3v) is 2.08. The van der Waals surface area contributed by atoms with Crippen LogP contribution in [0.4, 0.5) is 5.69 Å². The lowest BCUT2D eigenvalue weighted by Gasteiger charge is -2.20. The molecule has 0 saturated heterocycles. The minimum atomic E-state index is -0.567. The summed E-state index contributed by atoms with van der Waals surface area (Å²) in [6.45, 7) is 6.79. The number of carbonyl (C=O) groups is 2. The Morgan fingerprint density at radius 2 is 1.82 bits per heavy atom. The summed E-state index contributed by atoms with van der Waals surface area (Å²) in [5.41, 5.74) is 6.18. The van der Waals surface area contributed by atoms with Crippen LogP contribution in [-0.4, -0.2) is 17.4 Å². The summed E-state index contributed by atoms with van der Waals surface area (Å²) in [5, 5.41) is 0. The second-order valence-corrected chi connectivity index (χ2v) is 4.86. The molecule has 0 aliphatic rings. The predicted molar refractivity (Wildman–Crippen MR) is 66.0 cm³/mol. The maximum Gasteiger partial charge on any atom is 0.340 e. The largest absolute Gasteiger partial charge is 0.456 e. The van der Waals surface area contributed by atoms with Crippen molar-refractivity contribution < 1.29 is 14.3 Å². The molecule has 1 aromatic rings. The molecule has 0 radical (unpaired) electrons. The summed E-state index contributed by atoms with van der Waals surface area (Å²) in [6.07, 6.45) is 0. The molecule has 4 heteroatoms. The highest BCUT2D eigenvalue weighted by molar-refractivity contribution is 6.00. The smallest absolute Gasteiger partial charge is 0.340 e. The van der Waals surface area contributed by atoms with E-state index in [4.69, 9.17) is 10.5 Å². The number of nitrogen functional groups attached to an aromatic ring is 1. The van der Waals surface area contributed by atoms with Crippen LogP contribution >= 0.6 is 0 Å². The van der Waals surface area contributed by atoms with Gasteiger partial charge in [-0.15, -0.1) is 0 Å². The summed E-state index contributed by atoms with van der Waals surface area (Å²) in [5.74, 6) is -0.572. The molecule has 92 valence electrons. The van der Waals surface area contributed by atoms with Gasteiger partial charge < -0.3 is 10.5 Å². The number of ketones is 1. The molecule has 0 aliphatic carbocycles. The van der Waals surface area contributed by atoms with Crippen LogP contribution in [0.1, 0.15) is 48.4 Å². The maximum atomic E-state index is 11.8. The molecule has 0 heterocycles. The van der Waals surface area contributed by atoms with Gasteiger partial charge in [-0.25, -0.2) is 4.79 Å². The number of carbonyl (C=O) groups excluding carboxylic acids is 2. The Labute approximate surface area is 101 Å². The molecule has 2 N–H and O–H groups in total. The van der Waals surface area contributed by atoms with Crippen molar-refractivity contribution in [2.45, 2.75) is 33.3 Å². The molecule has 1 aromatic carbocycles. The van der Waals surface area contributed by atoms with Gasteiger partial charge in [0.15, 0.2) is 5.78 Å². The van der Waals surface area contributed by atoms with E-state index in [1.54, 1.807) is 26.8 Å². The number of Topliss-reactive ketones (excluding diaryl/α,β-unsaturated/α-hetero) is 1. The first kappa shape index (κ1) is 13.2. The van der Waals surface area contributed by atoms with Gasteiger partial charge in [-0.05, 0) is 39.8 Å². The molecule has 1 rings (SSSR count). The summed E-state index contributed by atoms with van der Waals surface area (Å²) in [4.78, 5) is 22.9. The van der Waals surface area contributed by atoms with Crippen molar-refractivity contribution in [1.29, 1.82) is 0 Å². The average molecular weight is 235 g/mol. The highest BCUT2D eigenvalue weighted by atomic mass is 16.6. The Balaban J connectivity index is 3.00. The van der Waals surface area contributed by atoms with E-state index in [-0.39, 0.29) is 17.0 Å². The number of hydrogen-bond acceptors (Lipinski definition) is 4. The monoisotopic (exact) mass is 235 g/mol. The summed E-state index contributed by atoms with van der Waals surface area (Å²) in [6, 6.07) is 4.57. The number of benzene rings is 1. The number of esters is 1. The lowest BCUT2D eigenvalue weighted by atomic mass is 10.1. The Hall–Kier alpha value is -1.84. The van der Waals surface area contributed by atoms with Crippen molar-refractivity contribution in [3.8, 4) is 0 Å². The van der Waals surface area contributed by atoms with Gasteiger partial charge in [-0.1, -0.05) is 6.07 Å². The van der Waals surface area contributed by atoms with Gasteiger partial charge in [-0.2, -0.15) is 0 Å². The first-order valence-corrected chi connectivity index (χ1v) is 5.34. The lowest BCUT2D eigenvalue weighted by molar-refractivity contribution is 0.00706. The standard InChI is InChI=1S/C13H17NO3/c1-8(15)9-5-6-10(11(14)7-9)12(16)17-13(2,3)4/h5-7H,14H2,1-4H3. The van der Waals surface area contributed by atoms with Gasteiger partial charge in [0.25, 0.3) is 0 Å². The van der Waals surface area contributed by atoms with Crippen molar-refractivity contribution in [1.82, 2.24) is 0 Å². The van der Waals surface area contributed by atoms with Crippen LogP contribution in [0.5, 0.6) is 0 Å². The van der Waals surface area contributed by atoms with Gasteiger partial charge in [0.2, 0.25) is 0 Å². The number of nitrogens with two attached hydrogens (primary N) is 1. The molecule has 0 amide bonds. The van der Waals surface area contributed by atoms with Crippen molar-refractivity contribution in [3.05, 3.63) is 29.3 Å². The van der Waals surface area contributed by atoms with Crippen LogP contribution in [0.2, 0.25) is 0 Å². The van der Waals surface area contributed by atoms with E-state index in [1.165, 1.54) is 19.1 Å². The normalized spacial score (nSPS) is 11.1. The highest BCUT2D eigenvalue weighted by Gasteiger charge is 2.20. The Morgan fingerprint density at radius 3 is 2.24 bits per heavy atom. The summed E-state index contributed by atoms with van der Waals surface area (Å²) < 4.78 is 5.20. The Bertz CT molecular complexity index is 458. The van der Waals surface area contributed by atoms with E-state index >= 15 is 0 Å². The highest BCUT2D eigenvalue weighted by Crippen LogP contribution is 2.19. The van der Waals surface area contributed by atoms with Gasteiger partial charge in [-0.3, -0.25) is 4.79 Å². The average Bonchev–Trinajstić information content (AvgIpc) is 2.14. The number of ether oxygens (including phenoxy) is 1. The van der Waals surface area contributed by atoms with Crippen LogP contribution in [0.15, 0.2) is 18.2 Å². The van der Waals surface area contributed by atoms with Crippen molar-refractivity contribution in [2.75, 3.05) is 5.73 Å². The minimum Gasteiger partial charge on any atom is -0.456 e. The molecule has 0 aliphatic heterocycles. The Morgan fingerprint density at radius 1 is 1.24 bits per heavy atom. The molecule has 0 unspecified atom stereocenters. The molecular formula is C13H17NO3. The van der Waals surface area contributed by atoms with E-state index in [0.717, 1.165) is 0 Å². The second-order valence-electron chi connectivity index (χ2n) is 4.86. The molecule has 0 saturated carbocycles. The van der Waals surface area contributed by atoms with Gasteiger partial charge >= 0.3 is 5.97 Å². The summed E-state index contributed by atoms with van der Waals surface area (Å²) >= 11 is 0. The minimum absolute atomic E-state index is 0.0903. The summed E-state index contributed by atoms with van der Waals surface area (Å²) in [7, 11) is 0. The molecule has 4 nitrogen and oxygen atoms in total. The third-order valence-electron chi connectivity index (χ3n) is 2.08. The van der Waals surface area contributed by atoms with E-state index in [9.17, 15) is 9.59 Å². The van der Waals surface area contributed by atoms with Crippen LogP contribution in [0.3, 0.4) is 0 Å². The molecule has 17 heavy (non-hydrogen) atoms. The molecular weight excluding hydrogens is 218 g/mol. The van der Waals surface area contributed by atoms with E-state index in [2.05, 4.69) is 0 Å². The molecule has 0 spiro atoms. The fourth-order valence-corrected chi connectivity index (χ4v) is 1.30. The van der Waals surface area contributed by atoms with Crippen molar-refractivity contribution in [2.24, 2.45) is 0 Å². The van der Waals surface area contributed by atoms with Crippen LogP contribution in [-0.2, 0) is 4.74 Å². The first-order chi connectivity index (χ1) is 7.70. The van der Waals surface area contributed by atoms with Gasteiger partial charge in [0, 0.05) is 11.3 Å². The maximum absolute atomic E-state index is 11.8. The van der Waals surface area contributed by atoms with Crippen molar-refractivity contribution in [3.63, 3.8) is 0 Å². The van der Waals surface area contributed by atoms with Crippen LogP contribution in [0, 0.1) is 0 Å².